The van der Waals surface area contributed by atoms with Crippen LogP contribution in [0, 0.1) is 11.8 Å². The van der Waals surface area contributed by atoms with Crippen molar-refractivity contribution >= 4 is 0 Å². The molecule has 0 spiro atoms. The van der Waals surface area contributed by atoms with Crippen LogP contribution in [0.4, 0.5) is 0 Å². The first kappa shape index (κ1) is 30.1. The van der Waals surface area contributed by atoms with Crippen molar-refractivity contribution in [2.75, 3.05) is 0 Å². The van der Waals surface area contributed by atoms with E-state index in [9.17, 15) is 0 Å². The van der Waals surface area contributed by atoms with Crippen molar-refractivity contribution in [1.82, 2.24) is 0 Å². The van der Waals surface area contributed by atoms with E-state index >= 15 is 0 Å². The maximum Gasteiger partial charge on any atom is 0.287 e. The second-order valence-corrected chi connectivity index (χ2v) is 14.0. The second kappa shape index (κ2) is 12.4. The first-order chi connectivity index (χ1) is 15.6. The molecule has 4 unspecified atom stereocenters. The number of ether oxygens (including phenoxy) is 4. The molecular formula is C30H58O4. The molecule has 2 rings (SSSR count). The molecule has 4 heteroatoms. The van der Waals surface area contributed by atoms with Gasteiger partial charge in [-0.05, 0) is 107 Å². The largest absolute Gasteiger partial charge is 0.370 e. The Morgan fingerprint density at radius 1 is 0.676 bits per heavy atom. The van der Waals surface area contributed by atoms with Crippen molar-refractivity contribution in [3.63, 3.8) is 0 Å². The molecule has 0 radical (unpaired) electrons. The van der Waals surface area contributed by atoms with Gasteiger partial charge in [-0.25, -0.2) is 0 Å². The van der Waals surface area contributed by atoms with Gasteiger partial charge < -0.3 is 18.9 Å². The monoisotopic (exact) mass is 482 g/mol. The maximum atomic E-state index is 6.84. The zero-order valence-electron chi connectivity index (χ0n) is 24.4. The van der Waals surface area contributed by atoms with Gasteiger partial charge in [-0.2, -0.15) is 0 Å². The lowest BCUT2D eigenvalue weighted by Crippen LogP contribution is -2.56. The van der Waals surface area contributed by atoms with Gasteiger partial charge in [0.25, 0.3) is 5.97 Å². The van der Waals surface area contributed by atoms with E-state index in [1.807, 2.05) is 0 Å². The van der Waals surface area contributed by atoms with E-state index in [1.54, 1.807) is 0 Å². The Morgan fingerprint density at radius 2 is 1.21 bits per heavy atom. The van der Waals surface area contributed by atoms with Gasteiger partial charge in [0, 0.05) is 5.92 Å². The molecule has 0 aromatic carbocycles. The molecule has 0 N–H and O–H groups in total. The van der Waals surface area contributed by atoms with E-state index in [0.717, 1.165) is 18.8 Å². The molecule has 1 heterocycles. The Kier molecular flexibility index (Phi) is 11.0. The average molecular weight is 483 g/mol. The molecule has 1 aliphatic heterocycles. The predicted molar refractivity (Wildman–Crippen MR) is 142 cm³/mol. The maximum absolute atomic E-state index is 6.84. The Morgan fingerprint density at radius 3 is 1.71 bits per heavy atom. The third-order valence-corrected chi connectivity index (χ3v) is 6.79. The number of hydrogen-bond donors (Lipinski definition) is 0. The van der Waals surface area contributed by atoms with Crippen molar-refractivity contribution in [3.8, 4) is 0 Å². The molecule has 202 valence electrons. The van der Waals surface area contributed by atoms with Crippen LogP contribution in [0.2, 0.25) is 0 Å². The third kappa shape index (κ3) is 11.3. The minimum atomic E-state index is -1.06. The summed E-state index contributed by atoms with van der Waals surface area (Å²) in [6, 6.07) is 0. The number of fused-ring (bicyclic) bond motifs is 1. The van der Waals surface area contributed by atoms with Crippen LogP contribution in [0.5, 0.6) is 0 Å². The van der Waals surface area contributed by atoms with Crippen molar-refractivity contribution in [2.45, 2.75) is 181 Å². The van der Waals surface area contributed by atoms with Crippen LogP contribution in [0.15, 0.2) is 0 Å². The fourth-order valence-electron chi connectivity index (χ4n) is 5.45. The summed E-state index contributed by atoms with van der Waals surface area (Å²) in [5.41, 5.74) is -1.14. The number of unbranched alkanes of at least 4 members (excludes halogenated alkanes) is 5. The topological polar surface area (TPSA) is 40.2 Å². The van der Waals surface area contributed by atoms with Gasteiger partial charge in [0.2, 0.25) is 0 Å². The lowest BCUT2D eigenvalue weighted by Gasteiger charge is -2.49. The summed E-state index contributed by atoms with van der Waals surface area (Å²) < 4.78 is 26.3. The fourth-order valence-corrected chi connectivity index (χ4v) is 5.45. The first-order valence-electron chi connectivity index (χ1n) is 14.4. The van der Waals surface area contributed by atoms with Gasteiger partial charge in [-0.15, -0.1) is 0 Å². The van der Waals surface area contributed by atoms with E-state index in [0.29, 0.717) is 12.2 Å². The Balaban J connectivity index is 2.24. The summed E-state index contributed by atoms with van der Waals surface area (Å²) in [7, 11) is 0. The van der Waals surface area contributed by atoms with Crippen molar-refractivity contribution < 1.29 is 18.9 Å². The minimum absolute atomic E-state index is 0.189. The summed E-state index contributed by atoms with van der Waals surface area (Å²) in [4.78, 5) is 0. The summed E-state index contributed by atoms with van der Waals surface area (Å²) in [6.45, 7) is 21.3. The molecule has 34 heavy (non-hydrogen) atoms. The third-order valence-electron chi connectivity index (χ3n) is 6.79. The molecule has 1 saturated heterocycles. The van der Waals surface area contributed by atoms with Crippen molar-refractivity contribution in [2.24, 2.45) is 11.8 Å². The average Bonchev–Trinajstić information content (AvgIpc) is 3.41. The van der Waals surface area contributed by atoms with Gasteiger partial charge in [-0.3, -0.25) is 0 Å². The molecule has 2 fully saturated rings. The van der Waals surface area contributed by atoms with Gasteiger partial charge >= 0.3 is 0 Å². The molecule has 4 nitrogen and oxygen atoms in total. The van der Waals surface area contributed by atoms with Crippen LogP contribution in [0.1, 0.15) is 146 Å². The van der Waals surface area contributed by atoms with Gasteiger partial charge in [0.15, 0.2) is 0 Å². The van der Waals surface area contributed by atoms with E-state index < -0.39 is 5.97 Å². The van der Waals surface area contributed by atoms with Gasteiger partial charge in [0.05, 0.1) is 29.0 Å². The first-order valence-corrected chi connectivity index (χ1v) is 14.4. The highest BCUT2D eigenvalue weighted by atomic mass is 16.9. The van der Waals surface area contributed by atoms with E-state index in [-0.39, 0.29) is 22.7 Å². The van der Waals surface area contributed by atoms with Crippen molar-refractivity contribution in [3.05, 3.63) is 0 Å². The summed E-state index contributed by atoms with van der Waals surface area (Å²) in [6.07, 6.45) is 15.9. The molecule has 1 aliphatic carbocycles. The molecule has 1 saturated carbocycles. The highest BCUT2D eigenvalue weighted by Gasteiger charge is 2.51. The lowest BCUT2D eigenvalue weighted by molar-refractivity contribution is -0.468. The van der Waals surface area contributed by atoms with E-state index in [2.05, 4.69) is 69.2 Å². The minimum Gasteiger partial charge on any atom is -0.370 e. The Bertz CT molecular complexity index is 539. The quantitative estimate of drug-likeness (QED) is 0.141. The van der Waals surface area contributed by atoms with Crippen LogP contribution < -0.4 is 0 Å². The van der Waals surface area contributed by atoms with E-state index in [4.69, 9.17) is 18.9 Å². The molecule has 0 aromatic heterocycles. The molecule has 0 amide bonds. The van der Waals surface area contributed by atoms with Crippen LogP contribution in [0.25, 0.3) is 0 Å². The van der Waals surface area contributed by atoms with Crippen LogP contribution in [0.3, 0.4) is 0 Å². The SMILES string of the molecule is CCCCCCCCC(CCC1CCC2OC2C1)C(OC(C)(C)C)(OC(C)(C)C)OC(C)(C)C. The molecular weight excluding hydrogens is 424 g/mol. The zero-order chi connectivity index (χ0) is 25.6. The predicted octanol–water partition coefficient (Wildman–Crippen LogP) is 8.80. The summed E-state index contributed by atoms with van der Waals surface area (Å²) in [5.74, 6) is -0.132. The number of hydrogen-bond acceptors (Lipinski definition) is 4. The lowest BCUT2D eigenvalue weighted by atomic mass is 9.82. The highest BCUT2D eigenvalue weighted by Crippen LogP contribution is 2.45. The van der Waals surface area contributed by atoms with Crippen LogP contribution >= 0.6 is 0 Å². The zero-order valence-corrected chi connectivity index (χ0v) is 24.4. The molecule has 0 aromatic rings. The Hall–Kier alpha value is -0.160. The fraction of sp³-hybridized carbons (Fsp3) is 1.00. The molecule has 2 aliphatic rings. The van der Waals surface area contributed by atoms with Crippen molar-refractivity contribution in [1.29, 1.82) is 0 Å². The Labute approximate surface area is 212 Å². The smallest absolute Gasteiger partial charge is 0.287 e. The number of rotatable bonds is 14. The summed E-state index contributed by atoms with van der Waals surface area (Å²) >= 11 is 0. The second-order valence-electron chi connectivity index (χ2n) is 14.0. The standard InChI is InChI=1S/C30H58O4/c1-11-12-13-14-15-16-17-24(20-18-23-19-21-25-26(22-23)31-25)30(32-27(2,3)4,33-28(5,6)7)34-29(8,9)10/h23-26H,11-22H2,1-10H3. The number of epoxide rings is 1. The molecule has 0 bridgehead atoms. The molecule has 4 atom stereocenters. The van der Waals surface area contributed by atoms with Gasteiger partial charge in [0.1, 0.15) is 0 Å². The normalized spacial score (nSPS) is 24.7. The van der Waals surface area contributed by atoms with E-state index in [1.165, 1.54) is 64.2 Å². The highest BCUT2D eigenvalue weighted by molar-refractivity contribution is 4.92. The van der Waals surface area contributed by atoms with Crippen LogP contribution in [-0.4, -0.2) is 35.0 Å². The van der Waals surface area contributed by atoms with Gasteiger partial charge in [-0.1, -0.05) is 45.4 Å². The summed E-state index contributed by atoms with van der Waals surface area (Å²) in [5, 5.41) is 0. The van der Waals surface area contributed by atoms with Crippen LogP contribution in [-0.2, 0) is 18.9 Å².